The normalized spacial score (nSPS) is 14.5. The molecule has 1 saturated carbocycles. The minimum atomic E-state index is -0.462. The van der Waals surface area contributed by atoms with Gasteiger partial charge in [-0.25, -0.2) is 9.97 Å². The number of carbonyl (C=O) groups is 2. The largest absolute Gasteiger partial charge is 0.466 e. The fourth-order valence-electron chi connectivity index (χ4n) is 3.65. The van der Waals surface area contributed by atoms with E-state index in [0.29, 0.717) is 17.4 Å². The van der Waals surface area contributed by atoms with Crippen LogP contribution in [0.15, 0.2) is 30.3 Å². The van der Waals surface area contributed by atoms with Crippen molar-refractivity contribution in [2.24, 2.45) is 0 Å². The Balaban J connectivity index is 1.63. The number of carbonyl (C=O) groups excluding carboxylic acids is 2. The molecule has 2 heterocycles. The van der Waals surface area contributed by atoms with Crippen LogP contribution in [0.25, 0.3) is 10.2 Å². The van der Waals surface area contributed by atoms with Gasteiger partial charge in [-0.15, -0.1) is 11.3 Å². The van der Waals surface area contributed by atoms with E-state index < -0.39 is 6.04 Å². The van der Waals surface area contributed by atoms with Crippen LogP contribution in [0.4, 0.5) is 0 Å². The Kier molecular flexibility index (Phi) is 5.81. The number of amides is 1. The maximum absolute atomic E-state index is 13.2. The van der Waals surface area contributed by atoms with Gasteiger partial charge < -0.3 is 10.1 Å². The van der Waals surface area contributed by atoms with Gasteiger partial charge in [0.25, 0.3) is 5.91 Å². The summed E-state index contributed by atoms with van der Waals surface area (Å²) in [5.74, 6) is 0.800. The van der Waals surface area contributed by atoms with Gasteiger partial charge in [0.05, 0.1) is 29.6 Å². The van der Waals surface area contributed by atoms with Crippen molar-refractivity contribution in [3.05, 3.63) is 57.9 Å². The molecule has 1 aliphatic carbocycles. The molecular formula is C23H25N3O3S. The summed E-state index contributed by atoms with van der Waals surface area (Å²) in [5, 5.41) is 3.99. The molecule has 1 fully saturated rings. The number of benzene rings is 1. The molecule has 1 N–H and O–H groups in total. The minimum Gasteiger partial charge on any atom is -0.466 e. The first-order valence-corrected chi connectivity index (χ1v) is 11.1. The monoisotopic (exact) mass is 423 g/mol. The van der Waals surface area contributed by atoms with Gasteiger partial charge in [-0.2, -0.15) is 0 Å². The van der Waals surface area contributed by atoms with Gasteiger partial charge in [0.15, 0.2) is 0 Å². The minimum absolute atomic E-state index is 0.0815. The van der Waals surface area contributed by atoms with Crippen molar-refractivity contribution in [2.45, 2.75) is 52.0 Å². The average molecular weight is 424 g/mol. The molecule has 1 unspecified atom stereocenters. The number of ether oxygens (including phenoxy) is 1. The number of aromatic nitrogens is 2. The third kappa shape index (κ3) is 4.21. The molecule has 1 aromatic carbocycles. The first kappa shape index (κ1) is 20.5. The van der Waals surface area contributed by atoms with E-state index in [1.165, 1.54) is 11.3 Å². The van der Waals surface area contributed by atoms with Crippen LogP contribution in [-0.2, 0) is 9.53 Å². The molecule has 0 bridgehead atoms. The van der Waals surface area contributed by atoms with Crippen LogP contribution >= 0.6 is 11.3 Å². The lowest BCUT2D eigenvalue weighted by molar-refractivity contribution is -0.143. The Morgan fingerprint density at radius 1 is 1.20 bits per heavy atom. The molecule has 0 radical (unpaired) electrons. The molecule has 0 saturated heterocycles. The molecule has 4 rings (SSSR count). The summed E-state index contributed by atoms with van der Waals surface area (Å²) in [6.07, 6.45) is 2.35. The number of esters is 1. The van der Waals surface area contributed by atoms with Gasteiger partial charge in [0.2, 0.25) is 0 Å². The number of nitrogens with one attached hydrogen (secondary N) is 1. The summed E-state index contributed by atoms with van der Waals surface area (Å²) >= 11 is 1.39. The van der Waals surface area contributed by atoms with Crippen LogP contribution in [0.5, 0.6) is 0 Å². The summed E-state index contributed by atoms with van der Waals surface area (Å²) in [6, 6.07) is 9.03. The lowest BCUT2D eigenvalue weighted by atomic mass is 10.0. The summed E-state index contributed by atoms with van der Waals surface area (Å²) in [4.78, 5) is 36.2. The predicted octanol–water partition coefficient (Wildman–Crippen LogP) is 4.61. The van der Waals surface area contributed by atoms with Crippen LogP contribution in [0, 0.1) is 13.8 Å². The number of fused-ring (bicyclic) bond motifs is 1. The highest BCUT2D eigenvalue weighted by atomic mass is 32.1. The lowest BCUT2D eigenvalue weighted by Gasteiger charge is -2.18. The second-order valence-electron chi connectivity index (χ2n) is 7.62. The van der Waals surface area contributed by atoms with Gasteiger partial charge in [-0.3, -0.25) is 9.59 Å². The van der Waals surface area contributed by atoms with Gasteiger partial charge in [-0.05, 0) is 44.7 Å². The third-order valence-corrected chi connectivity index (χ3v) is 6.50. The maximum Gasteiger partial charge on any atom is 0.308 e. The van der Waals surface area contributed by atoms with E-state index in [9.17, 15) is 9.59 Å². The second kappa shape index (κ2) is 8.52. The highest BCUT2D eigenvalue weighted by Gasteiger charge is 2.29. The van der Waals surface area contributed by atoms with Gasteiger partial charge in [0, 0.05) is 11.3 Å². The molecule has 7 heteroatoms. The molecule has 1 aliphatic rings. The standard InChI is InChI=1S/C23H25N3O3S/c1-4-29-18(27)12-17(15-8-6-5-7-9-15)25-22(28)20-13(2)19-14(3)24-21(16-10-11-16)26-23(19)30-20/h5-9,16-17H,4,10-12H2,1-3H3,(H,25,28). The number of rotatable bonds is 7. The van der Waals surface area contributed by atoms with E-state index in [1.54, 1.807) is 6.92 Å². The predicted molar refractivity (Wildman–Crippen MR) is 117 cm³/mol. The maximum atomic E-state index is 13.2. The molecule has 0 spiro atoms. The van der Waals surface area contributed by atoms with Crippen LogP contribution in [0.1, 0.15) is 70.5 Å². The molecule has 3 aromatic rings. The first-order valence-electron chi connectivity index (χ1n) is 10.3. The van der Waals surface area contributed by atoms with Crippen molar-refractivity contribution >= 4 is 33.4 Å². The highest BCUT2D eigenvalue weighted by molar-refractivity contribution is 7.20. The van der Waals surface area contributed by atoms with E-state index in [0.717, 1.165) is 45.7 Å². The molecule has 30 heavy (non-hydrogen) atoms. The van der Waals surface area contributed by atoms with E-state index in [-0.39, 0.29) is 18.3 Å². The zero-order chi connectivity index (χ0) is 21.3. The summed E-state index contributed by atoms with van der Waals surface area (Å²) in [7, 11) is 0. The topological polar surface area (TPSA) is 81.2 Å². The fraction of sp³-hybridized carbons (Fsp3) is 0.391. The lowest BCUT2D eigenvalue weighted by Crippen LogP contribution is -2.30. The van der Waals surface area contributed by atoms with E-state index in [2.05, 4.69) is 10.3 Å². The van der Waals surface area contributed by atoms with Crippen molar-refractivity contribution in [2.75, 3.05) is 6.61 Å². The van der Waals surface area contributed by atoms with Crippen molar-refractivity contribution < 1.29 is 14.3 Å². The van der Waals surface area contributed by atoms with Crippen molar-refractivity contribution in [1.29, 1.82) is 0 Å². The highest BCUT2D eigenvalue weighted by Crippen LogP contribution is 2.40. The van der Waals surface area contributed by atoms with Gasteiger partial charge >= 0.3 is 5.97 Å². The summed E-state index contributed by atoms with van der Waals surface area (Å²) in [5.41, 5.74) is 2.67. The van der Waals surface area contributed by atoms with Gasteiger partial charge in [0.1, 0.15) is 10.7 Å². The molecule has 1 atom stereocenters. The van der Waals surface area contributed by atoms with E-state index in [1.807, 2.05) is 44.2 Å². The number of thiophene rings is 1. The van der Waals surface area contributed by atoms with Crippen molar-refractivity contribution in [1.82, 2.24) is 15.3 Å². The Labute approximate surface area is 179 Å². The summed E-state index contributed by atoms with van der Waals surface area (Å²) in [6.45, 7) is 5.99. The van der Waals surface area contributed by atoms with Crippen LogP contribution in [0.3, 0.4) is 0 Å². The molecule has 2 aromatic heterocycles. The van der Waals surface area contributed by atoms with Crippen LogP contribution < -0.4 is 5.32 Å². The SMILES string of the molecule is CCOC(=O)CC(NC(=O)c1sc2nc(C3CC3)nc(C)c2c1C)c1ccccc1. The van der Waals surface area contributed by atoms with Crippen molar-refractivity contribution in [3.8, 4) is 0 Å². The fourth-order valence-corrected chi connectivity index (χ4v) is 4.79. The molecule has 156 valence electrons. The molecule has 1 amide bonds. The Morgan fingerprint density at radius 2 is 1.93 bits per heavy atom. The van der Waals surface area contributed by atoms with Crippen LogP contribution in [0.2, 0.25) is 0 Å². The average Bonchev–Trinajstić information content (AvgIpc) is 3.52. The smallest absolute Gasteiger partial charge is 0.308 e. The molecule has 6 nitrogen and oxygen atoms in total. The van der Waals surface area contributed by atoms with E-state index in [4.69, 9.17) is 9.72 Å². The number of aryl methyl sites for hydroxylation is 2. The zero-order valence-electron chi connectivity index (χ0n) is 17.4. The quantitative estimate of drug-likeness (QED) is 0.561. The number of hydrogen-bond acceptors (Lipinski definition) is 6. The summed E-state index contributed by atoms with van der Waals surface area (Å²) < 4.78 is 5.10. The van der Waals surface area contributed by atoms with Crippen molar-refractivity contribution in [3.63, 3.8) is 0 Å². The zero-order valence-corrected chi connectivity index (χ0v) is 18.2. The Morgan fingerprint density at radius 3 is 2.60 bits per heavy atom. The third-order valence-electron chi connectivity index (χ3n) is 5.32. The molecular weight excluding hydrogens is 398 g/mol. The molecule has 0 aliphatic heterocycles. The number of hydrogen-bond donors (Lipinski definition) is 1. The Hall–Kier alpha value is -2.80. The second-order valence-corrected chi connectivity index (χ2v) is 8.62. The first-order chi connectivity index (χ1) is 14.5. The number of nitrogens with zero attached hydrogens (tertiary/aromatic N) is 2. The van der Waals surface area contributed by atoms with Gasteiger partial charge in [-0.1, -0.05) is 30.3 Å². The Bertz CT molecular complexity index is 1090. The van der Waals surface area contributed by atoms with Crippen LogP contribution in [-0.4, -0.2) is 28.5 Å². The van der Waals surface area contributed by atoms with E-state index >= 15 is 0 Å².